The molecule has 184 valence electrons. The zero-order valence-corrected chi connectivity index (χ0v) is 19.1. The molecule has 1 aliphatic rings. The molecule has 3 rings (SSSR count). The molecule has 0 aliphatic carbocycles. The highest BCUT2D eigenvalue weighted by Crippen LogP contribution is 2.41. The number of hydrogen-bond donors (Lipinski definition) is 1. The summed E-state index contributed by atoms with van der Waals surface area (Å²) in [6, 6.07) is 9.74. The number of benzene rings is 2. The van der Waals surface area contributed by atoms with Gasteiger partial charge in [-0.25, -0.2) is 0 Å². The molecule has 0 saturated carbocycles. The van der Waals surface area contributed by atoms with Gasteiger partial charge in [0.05, 0.1) is 17.2 Å². The van der Waals surface area contributed by atoms with Crippen molar-refractivity contribution in [2.45, 2.75) is 51.1 Å². The molecule has 2 aromatic rings. The lowest BCUT2D eigenvalue weighted by molar-refractivity contribution is -0.143. The molecule has 0 bridgehead atoms. The molecule has 0 aromatic heterocycles. The fourth-order valence-electron chi connectivity index (χ4n) is 4.34. The number of hydrogen-bond acceptors (Lipinski definition) is 2. The smallest absolute Gasteiger partial charge is 0.377 e. The fraction of sp³-hybridized carbons (Fsp3) is 0.385. The number of nitrogens with zero attached hydrogens (tertiary/aromatic N) is 1. The SMILES string of the molecule is C#C.C=C(NC(c1ccccc1)C(C)N1CCCC1)c1c(C)cc(C(F)(F)F)cc1C(F)(F)F. The fourth-order valence-corrected chi connectivity index (χ4v) is 4.34. The van der Waals surface area contributed by atoms with Crippen LogP contribution in [0.1, 0.15) is 53.6 Å². The highest BCUT2D eigenvalue weighted by atomic mass is 19.4. The number of terminal acetylenes is 1. The molecular weight excluding hydrogens is 454 g/mol. The Morgan fingerprint density at radius 2 is 1.53 bits per heavy atom. The van der Waals surface area contributed by atoms with E-state index in [0.29, 0.717) is 0 Å². The van der Waals surface area contributed by atoms with E-state index in [-0.39, 0.29) is 35.0 Å². The molecular formula is C26H28F6N2. The van der Waals surface area contributed by atoms with Gasteiger partial charge in [-0.3, -0.25) is 4.90 Å². The maximum atomic E-state index is 13.8. The van der Waals surface area contributed by atoms with E-state index in [1.807, 2.05) is 37.3 Å². The van der Waals surface area contributed by atoms with Crippen molar-refractivity contribution in [3.05, 3.63) is 76.9 Å². The minimum atomic E-state index is -4.96. The first-order valence-electron chi connectivity index (χ1n) is 10.8. The van der Waals surface area contributed by atoms with Crippen molar-refractivity contribution in [2.24, 2.45) is 0 Å². The number of likely N-dealkylation sites (tertiary alicyclic amines) is 1. The van der Waals surface area contributed by atoms with Gasteiger partial charge in [-0.1, -0.05) is 36.9 Å². The van der Waals surface area contributed by atoms with E-state index in [4.69, 9.17) is 0 Å². The van der Waals surface area contributed by atoms with Crippen LogP contribution in [-0.2, 0) is 12.4 Å². The molecule has 1 aliphatic heterocycles. The van der Waals surface area contributed by atoms with Gasteiger partial charge in [0.25, 0.3) is 0 Å². The Balaban J connectivity index is 0.00000199. The van der Waals surface area contributed by atoms with Crippen molar-refractivity contribution in [3.8, 4) is 12.8 Å². The van der Waals surface area contributed by atoms with Crippen LogP contribution in [0.5, 0.6) is 0 Å². The molecule has 1 saturated heterocycles. The summed E-state index contributed by atoms with van der Waals surface area (Å²) in [6.07, 6.45) is 0.246. The Morgan fingerprint density at radius 3 is 2.03 bits per heavy atom. The molecule has 2 unspecified atom stereocenters. The first-order valence-corrected chi connectivity index (χ1v) is 10.8. The summed E-state index contributed by atoms with van der Waals surface area (Å²) < 4.78 is 80.8. The van der Waals surface area contributed by atoms with Gasteiger partial charge in [-0.05, 0) is 63.0 Å². The zero-order valence-electron chi connectivity index (χ0n) is 19.1. The Labute approximate surface area is 196 Å². The van der Waals surface area contributed by atoms with E-state index in [9.17, 15) is 26.3 Å². The van der Waals surface area contributed by atoms with Crippen LogP contribution in [0.25, 0.3) is 5.70 Å². The van der Waals surface area contributed by atoms with Gasteiger partial charge in [-0.2, -0.15) is 26.3 Å². The van der Waals surface area contributed by atoms with Crippen LogP contribution < -0.4 is 5.32 Å². The summed E-state index contributed by atoms with van der Waals surface area (Å²) in [7, 11) is 0. The molecule has 2 atom stereocenters. The number of rotatable bonds is 6. The second-order valence-electron chi connectivity index (χ2n) is 8.21. The van der Waals surface area contributed by atoms with Gasteiger partial charge >= 0.3 is 12.4 Å². The summed E-state index contributed by atoms with van der Waals surface area (Å²) in [6.45, 7) is 8.81. The predicted molar refractivity (Wildman–Crippen MR) is 123 cm³/mol. The van der Waals surface area contributed by atoms with Crippen LogP contribution >= 0.6 is 0 Å². The van der Waals surface area contributed by atoms with E-state index < -0.39 is 23.5 Å². The molecule has 1 heterocycles. The predicted octanol–water partition coefficient (Wildman–Crippen LogP) is 7.07. The molecule has 8 heteroatoms. The number of alkyl halides is 6. The molecule has 0 spiro atoms. The molecule has 0 radical (unpaired) electrons. The minimum Gasteiger partial charge on any atom is -0.377 e. The summed E-state index contributed by atoms with van der Waals surface area (Å²) in [4.78, 5) is 2.25. The Morgan fingerprint density at radius 1 is 0.971 bits per heavy atom. The van der Waals surface area contributed by atoms with Gasteiger partial charge < -0.3 is 5.32 Å². The lowest BCUT2D eigenvalue weighted by Crippen LogP contribution is -2.41. The maximum Gasteiger partial charge on any atom is 0.417 e. The summed E-state index contributed by atoms with van der Waals surface area (Å²) in [5.41, 5.74) is -2.34. The molecule has 1 fully saturated rings. The average Bonchev–Trinajstić information content (AvgIpc) is 3.32. The third-order valence-corrected chi connectivity index (χ3v) is 5.96. The molecule has 2 aromatic carbocycles. The summed E-state index contributed by atoms with van der Waals surface area (Å²) in [5, 5.41) is 3.12. The quantitative estimate of drug-likeness (QED) is 0.350. The first-order chi connectivity index (χ1) is 15.9. The highest BCUT2D eigenvalue weighted by Gasteiger charge is 2.40. The van der Waals surface area contributed by atoms with Crippen molar-refractivity contribution >= 4 is 5.70 Å². The standard InChI is InChI=1S/C24H26F6N2.C2H2/c1-15-13-19(23(25,26)27)14-20(24(28,29)30)21(15)16(2)31-22(18-9-5-4-6-10-18)17(3)32-11-7-8-12-32;1-2/h4-6,9-10,13-14,17,22,31H,2,7-8,11-12H2,1,3H3;1-2H. The van der Waals surface area contributed by atoms with Crippen LogP contribution in [0.2, 0.25) is 0 Å². The first kappa shape index (κ1) is 27.3. The Bertz CT molecular complexity index is 986. The van der Waals surface area contributed by atoms with Crippen molar-refractivity contribution in [1.82, 2.24) is 10.2 Å². The number of nitrogens with one attached hydrogen (secondary N) is 1. The Hall–Kier alpha value is -2.92. The highest BCUT2D eigenvalue weighted by molar-refractivity contribution is 5.69. The zero-order chi connectivity index (χ0) is 25.7. The van der Waals surface area contributed by atoms with Gasteiger partial charge in [0.2, 0.25) is 0 Å². The summed E-state index contributed by atoms with van der Waals surface area (Å²) in [5.74, 6) is 0. The lowest BCUT2D eigenvalue weighted by Gasteiger charge is -2.34. The van der Waals surface area contributed by atoms with Gasteiger partial charge in [0, 0.05) is 17.3 Å². The van der Waals surface area contributed by atoms with Crippen LogP contribution in [0.15, 0.2) is 49.0 Å². The topological polar surface area (TPSA) is 15.3 Å². The molecule has 34 heavy (non-hydrogen) atoms. The monoisotopic (exact) mass is 482 g/mol. The van der Waals surface area contributed by atoms with Crippen molar-refractivity contribution < 1.29 is 26.3 Å². The number of aryl methyl sites for hydroxylation is 1. The largest absolute Gasteiger partial charge is 0.417 e. The third kappa shape index (κ3) is 6.35. The summed E-state index contributed by atoms with van der Waals surface area (Å²) >= 11 is 0. The third-order valence-electron chi connectivity index (χ3n) is 5.96. The van der Waals surface area contributed by atoms with Gasteiger partial charge in [-0.15, -0.1) is 12.8 Å². The van der Waals surface area contributed by atoms with Crippen LogP contribution in [-0.4, -0.2) is 24.0 Å². The van der Waals surface area contributed by atoms with E-state index in [1.165, 1.54) is 6.92 Å². The van der Waals surface area contributed by atoms with Crippen LogP contribution in [0.4, 0.5) is 26.3 Å². The maximum absolute atomic E-state index is 13.8. The van der Waals surface area contributed by atoms with E-state index in [2.05, 4.69) is 29.6 Å². The molecule has 2 nitrogen and oxygen atoms in total. The second-order valence-corrected chi connectivity index (χ2v) is 8.21. The Kier molecular flexibility index (Phi) is 8.84. The van der Waals surface area contributed by atoms with E-state index in [1.54, 1.807) is 0 Å². The molecule has 0 amide bonds. The minimum absolute atomic E-state index is 0.0524. The second kappa shape index (κ2) is 11.0. The normalized spacial score (nSPS) is 16.3. The lowest BCUT2D eigenvalue weighted by atomic mass is 9.93. The van der Waals surface area contributed by atoms with Crippen molar-refractivity contribution in [3.63, 3.8) is 0 Å². The molecule has 1 N–H and O–H groups in total. The van der Waals surface area contributed by atoms with Crippen LogP contribution in [0, 0.1) is 19.8 Å². The average molecular weight is 483 g/mol. The van der Waals surface area contributed by atoms with Gasteiger partial charge in [0.1, 0.15) is 0 Å². The van der Waals surface area contributed by atoms with Crippen molar-refractivity contribution in [2.75, 3.05) is 13.1 Å². The van der Waals surface area contributed by atoms with Gasteiger partial charge in [0.15, 0.2) is 0 Å². The van der Waals surface area contributed by atoms with Crippen LogP contribution in [0.3, 0.4) is 0 Å². The van der Waals surface area contributed by atoms with E-state index >= 15 is 0 Å². The number of halogens is 6. The van der Waals surface area contributed by atoms with Crippen molar-refractivity contribution in [1.29, 1.82) is 0 Å². The van der Waals surface area contributed by atoms with E-state index in [0.717, 1.165) is 37.6 Å².